The van der Waals surface area contributed by atoms with E-state index in [2.05, 4.69) is 15.3 Å². The normalized spacial score (nSPS) is 12.1. The van der Waals surface area contributed by atoms with Crippen LogP contribution >= 0.6 is 0 Å². The standard InChI is InChI=1S/C26H36N4O7/c1-5-6-7-17(14-22(33)34)28-23-18(19(9-11-21(31)32)29-25(27)30-23)13-15-12-16(8-10-20(15)37-4)26(2,3)24(35)36/h8,10,12,17H,5-7,9,11,13-14H2,1-4H3,(H,31,32)(H,33,34)(H,35,36)(H3,27,28,29,30)/t17-/m0/s1. The molecule has 0 fully saturated rings. The second kappa shape index (κ2) is 12.9. The van der Waals surface area contributed by atoms with Gasteiger partial charge in [0, 0.05) is 24.4 Å². The molecule has 1 atom stereocenters. The minimum Gasteiger partial charge on any atom is -0.496 e. The quantitative estimate of drug-likeness (QED) is 0.233. The van der Waals surface area contributed by atoms with E-state index in [0.29, 0.717) is 40.4 Å². The van der Waals surface area contributed by atoms with Crippen LogP contribution in [0, 0.1) is 0 Å². The number of nitrogens with two attached hydrogens (primary N) is 1. The van der Waals surface area contributed by atoms with Gasteiger partial charge >= 0.3 is 17.9 Å². The Morgan fingerprint density at radius 3 is 2.41 bits per heavy atom. The molecule has 0 spiro atoms. The molecule has 0 amide bonds. The molecule has 0 radical (unpaired) electrons. The van der Waals surface area contributed by atoms with Crippen LogP contribution in [-0.4, -0.2) is 56.3 Å². The molecule has 6 N–H and O–H groups in total. The third-order valence-corrected chi connectivity index (χ3v) is 6.26. The molecule has 0 unspecified atom stereocenters. The summed E-state index contributed by atoms with van der Waals surface area (Å²) in [6.45, 7) is 5.21. The van der Waals surface area contributed by atoms with Crippen molar-refractivity contribution in [1.82, 2.24) is 9.97 Å². The molecule has 37 heavy (non-hydrogen) atoms. The molecule has 0 bridgehead atoms. The molecule has 0 aliphatic carbocycles. The van der Waals surface area contributed by atoms with Crippen molar-refractivity contribution in [2.24, 2.45) is 0 Å². The van der Waals surface area contributed by atoms with Gasteiger partial charge in [-0.1, -0.05) is 31.9 Å². The Kier molecular flexibility index (Phi) is 10.2. The maximum Gasteiger partial charge on any atom is 0.313 e. The Morgan fingerprint density at radius 2 is 1.84 bits per heavy atom. The van der Waals surface area contributed by atoms with Crippen LogP contribution in [0.15, 0.2) is 18.2 Å². The van der Waals surface area contributed by atoms with E-state index in [0.717, 1.165) is 12.8 Å². The van der Waals surface area contributed by atoms with Gasteiger partial charge in [0.1, 0.15) is 11.6 Å². The molecule has 1 aromatic heterocycles. The van der Waals surface area contributed by atoms with Crippen molar-refractivity contribution in [3.8, 4) is 5.75 Å². The lowest BCUT2D eigenvalue weighted by Gasteiger charge is -2.23. The van der Waals surface area contributed by atoms with E-state index in [1.165, 1.54) is 7.11 Å². The number of unbranched alkanes of at least 4 members (excludes halogenated alkanes) is 1. The molecule has 11 heteroatoms. The maximum atomic E-state index is 11.9. The minimum absolute atomic E-state index is 0.0658. The van der Waals surface area contributed by atoms with Crippen molar-refractivity contribution in [2.75, 3.05) is 18.2 Å². The highest BCUT2D eigenvalue weighted by Crippen LogP contribution is 2.33. The summed E-state index contributed by atoms with van der Waals surface area (Å²) >= 11 is 0. The van der Waals surface area contributed by atoms with E-state index in [1.807, 2.05) is 6.92 Å². The Bertz CT molecular complexity index is 1130. The van der Waals surface area contributed by atoms with Crippen LogP contribution in [0.25, 0.3) is 0 Å². The summed E-state index contributed by atoms with van der Waals surface area (Å²) in [7, 11) is 1.50. The molecule has 11 nitrogen and oxygen atoms in total. The lowest BCUT2D eigenvalue weighted by Crippen LogP contribution is -2.28. The Morgan fingerprint density at radius 1 is 1.14 bits per heavy atom. The van der Waals surface area contributed by atoms with Crippen molar-refractivity contribution >= 4 is 29.7 Å². The molecular weight excluding hydrogens is 480 g/mol. The molecule has 0 aliphatic heterocycles. The van der Waals surface area contributed by atoms with Crippen molar-refractivity contribution in [3.05, 3.63) is 40.6 Å². The lowest BCUT2D eigenvalue weighted by atomic mass is 9.83. The van der Waals surface area contributed by atoms with Gasteiger partial charge in [-0.25, -0.2) is 4.98 Å². The number of carboxylic acids is 3. The van der Waals surface area contributed by atoms with E-state index in [-0.39, 0.29) is 31.6 Å². The second-order valence-electron chi connectivity index (χ2n) is 9.46. The molecule has 2 aromatic rings. The fourth-order valence-corrected chi connectivity index (χ4v) is 3.99. The number of hydrogen-bond acceptors (Lipinski definition) is 8. The third kappa shape index (κ3) is 8.06. The average Bonchev–Trinajstić information content (AvgIpc) is 2.82. The fraction of sp³-hybridized carbons (Fsp3) is 0.500. The number of carboxylic acid groups (broad SMARTS) is 3. The van der Waals surface area contributed by atoms with Crippen LogP contribution in [-0.2, 0) is 32.6 Å². The number of aryl methyl sites for hydroxylation is 1. The smallest absolute Gasteiger partial charge is 0.313 e. The summed E-state index contributed by atoms with van der Waals surface area (Å²) in [5, 5.41) is 31.6. The predicted octanol–water partition coefficient (Wildman–Crippen LogP) is 3.48. The topological polar surface area (TPSA) is 185 Å². The number of aliphatic carboxylic acids is 3. The highest BCUT2D eigenvalue weighted by molar-refractivity contribution is 5.80. The van der Waals surface area contributed by atoms with Crippen LogP contribution in [0.3, 0.4) is 0 Å². The van der Waals surface area contributed by atoms with Gasteiger partial charge in [-0.2, -0.15) is 4.98 Å². The fourth-order valence-electron chi connectivity index (χ4n) is 3.99. The van der Waals surface area contributed by atoms with Gasteiger partial charge in [-0.05, 0) is 37.5 Å². The van der Waals surface area contributed by atoms with Crippen molar-refractivity contribution in [1.29, 1.82) is 0 Å². The number of rotatable bonds is 15. The number of methoxy groups -OCH3 is 1. The largest absolute Gasteiger partial charge is 0.496 e. The highest BCUT2D eigenvalue weighted by Gasteiger charge is 2.30. The molecule has 0 saturated carbocycles. The van der Waals surface area contributed by atoms with Crippen molar-refractivity contribution in [3.63, 3.8) is 0 Å². The molecule has 0 saturated heterocycles. The van der Waals surface area contributed by atoms with Crippen molar-refractivity contribution in [2.45, 2.75) is 77.2 Å². The van der Waals surface area contributed by atoms with Gasteiger partial charge < -0.3 is 31.1 Å². The summed E-state index contributed by atoms with van der Waals surface area (Å²) in [5.41, 5.74) is 6.95. The number of hydrogen-bond donors (Lipinski definition) is 5. The predicted molar refractivity (Wildman–Crippen MR) is 138 cm³/mol. The summed E-state index contributed by atoms with van der Waals surface area (Å²) in [6, 6.07) is 4.68. The molecular formula is C26H36N4O7. The van der Waals surface area contributed by atoms with Crippen LogP contribution in [0.2, 0.25) is 0 Å². The first-order valence-corrected chi connectivity index (χ1v) is 12.1. The number of aromatic nitrogens is 2. The number of nitrogen functional groups attached to an aromatic ring is 1. The lowest BCUT2D eigenvalue weighted by molar-refractivity contribution is -0.142. The number of nitrogens with one attached hydrogen (secondary N) is 1. The minimum atomic E-state index is -1.17. The first-order valence-electron chi connectivity index (χ1n) is 12.1. The summed E-state index contributed by atoms with van der Waals surface area (Å²) in [4.78, 5) is 43.3. The second-order valence-corrected chi connectivity index (χ2v) is 9.46. The third-order valence-electron chi connectivity index (χ3n) is 6.26. The van der Waals surface area contributed by atoms with Gasteiger partial charge in [0.25, 0.3) is 0 Å². The van der Waals surface area contributed by atoms with Gasteiger partial charge in [-0.15, -0.1) is 0 Å². The van der Waals surface area contributed by atoms with Gasteiger partial charge in [-0.3, -0.25) is 14.4 Å². The Hall–Kier alpha value is -3.89. The summed E-state index contributed by atoms with van der Waals surface area (Å²) in [5.74, 6) is -2.20. The zero-order chi connectivity index (χ0) is 27.8. The maximum absolute atomic E-state index is 11.9. The number of ether oxygens (including phenoxy) is 1. The van der Waals surface area contributed by atoms with Crippen molar-refractivity contribution < 1.29 is 34.4 Å². The van der Waals surface area contributed by atoms with Crippen LogP contribution in [0.5, 0.6) is 5.75 Å². The van der Waals surface area contributed by atoms with Gasteiger partial charge in [0.05, 0.1) is 31.1 Å². The van der Waals surface area contributed by atoms with E-state index in [4.69, 9.17) is 10.5 Å². The molecule has 202 valence electrons. The molecule has 1 aromatic carbocycles. The zero-order valence-electron chi connectivity index (χ0n) is 21.7. The van der Waals surface area contributed by atoms with E-state index < -0.39 is 29.4 Å². The van der Waals surface area contributed by atoms with Crippen LogP contribution in [0.4, 0.5) is 11.8 Å². The Balaban J connectivity index is 2.64. The molecule has 2 rings (SSSR count). The summed E-state index contributed by atoms with van der Waals surface area (Å²) in [6.07, 6.45) is 2.18. The first kappa shape index (κ1) is 29.3. The van der Waals surface area contributed by atoms with E-state index in [1.54, 1.807) is 32.0 Å². The van der Waals surface area contributed by atoms with Crippen LogP contribution < -0.4 is 15.8 Å². The van der Waals surface area contributed by atoms with Gasteiger partial charge in [0.15, 0.2) is 0 Å². The number of carbonyl (C=O) groups is 3. The van der Waals surface area contributed by atoms with Gasteiger partial charge in [0.2, 0.25) is 5.95 Å². The average molecular weight is 517 g/mol. The summed E-state index contributed by atoms with van der Waals surface area (Å²) < 4.78 is 5.53. The molecule has 1 heterocycles. The zero-order valence-corrected chi connectivity index (χ0v) is 21.7. The first-order chi connectivity index (χ1) is 17.4. The van der Waals surface area contributed by atoms with E-state index in [9.17, 15) is 29.7 Å². The van der Waals surface area contributed by atoms with Crippen LogP contribution in [0.1, 0.15) is 75.3 Å². The monoisotopic (exact) mass is 516 g/mol. The molecule has 0 aliphatic rings. The number of anilines is 2. The Labute approximate surface area is 216 Å². The van der Waals surface area contributed by atoms with E-state index >= 15 is 0 Å². The number of nitrogens with zero attached hydrogens (tertiary/aromatic N) is 2. The number of benzene rings is 1. The highest BCUT2D eigenvalue weighted by atomic mass is 16.5. The SMILES string of the molecule is CCCC[C@@H](CC(=O)O)Nc1nc(N)nc(CCC(=O)O)c1Cc1cc(C(C)(C)C(=O)O)ccc1OC.